The van der Waals surface area contributed by atoms with Crippen molar-refractivity contribution in [2.45, 2.75) is 77.9 Å². The zero-order valence-corrected chi connectivity index (χ0v) is 21.9. The molecule has 5 nitrogen and oxygen atoms in total. The van der Waals surface area contributed by atoms with Crippen LogP contribution in [0, 0.1) is 12.8 Å². The molecular formula is C27H32ClN3O2S. The summed E-state index contributed by atoms with van der Waals surface area (Å²) >= 11 is 8.18. The van der Waals surface area contributed by atoms with Crippen LogP contribution in [-0.2, 0) is 17.8 Å². The first-order chi connectivity index (χ1) is 16.2. The number of hydrogen-bond donors (Lipinski definition) is 1. The highest BCUT2D eigenvalue weighted by Gasteiger charge is 2.49. The molecule has 1 aromatic carbocycles. The van der Waals surface area contributed by atoms with Gasteiger partial charge in [-0.3, -0.25) is 14.5 Å². The molecule has 2 amide bonds. The van der Waals surface area contributed by atoms with Gasteiger partial charge in [0.05, 0.1) is 16.8 Å². The summed E-state index contributed by atoms with van der Waals surface area (Å²) in [7, 11) is 0. The topological polar surface area (TPSA) is 54.3 Å². The molecule has 3 aromatic rings. The third kappa shape index (κ3) is 3.75. The van der Waals surface area contributed by atoms with E-state index in [2.05, 4.69) is 25.2 Å². The van der Waals surface area contributed by atoms with Crippen molar-refractivity contribution in [1.29, 1.82) is 0 Å². The summed E-state index contributed by atoms with van der Waals surface area (Å²) in [5.74, 6) is 0.443. The minimum absolute atomic E-state index is 0.0989. The second-order valence-electron chi connectivity index (χ2n) is 10.2. The summed E-state index contributed by atoms with van der Waals surface area (Å²) in [5, 5.41) is 3.90. The van der Waals surface area contributed by atoms with Crippen molar-refractivity contribution in [3.63, 3.8) is 0 Å². The Balaban J connectivity index is 1.60. The molecule has 1 aliphatic heterocycles. The summed E-state index contributed by atoms with van der Waals surface area (Å²) < 4.78 is 3.14. The predicted molar refractivity (Wildman–Crippen MR) is 140 cm³/mol. The first kappa shape index (κ1) is 23.4. The lowest BCUT2D eigenvalue weighted by Crippen LogP contribution is -2.65. The number of hydrogen-bond acceptors (Lipinski definition) is 3. The molecule has 1 saturated carbocycles. The maximum atomic E-state index is 14.0. The van der Waals surface area contributed by atoms with Crippen LogP contribution in [0.3, 0.4) is 0 Å². The van der Waals surface area contributed by atoms with Gasteiger partial charge in [0.15, 0.2) is 0 Å². The zero-order chi connectivity index (χ0) is 24.2. The number of aryl methyl sites for hydroxylation is 1. The van der Waals surface area contributed by atoms with Gasteiger partial charge in [-0.25, -0.2) is 0 Å². The maximum Gasteiger partial charge on any atom is 0.275 e. The number of halogens is 1. The minimum Gasteiger partial charge on any atom is -0.351 e. The van der Waals surface area contributed by atoms with Gasteiger partial charge in [-0.15, -0.1) is 11.3 Å². The standard InChI is InChI=1S/C27H32ClN3O2S/c1-5-19-13-22-24(34-19)14-23-25(32)31(21-8-6-7-20(28)17(21)3)27(4,15-30(22)23)26(33)29-18-11-9-16(2)10-12-18/h6-8,13-14,16,18H,5,9-12,15H2,1-4H3,(H,29,33). The van der Waals surface area contributed by atoms with E-state index in [4.69, 9.17) is 11.6 Å². The molecule has 7 heteroatoms. The number of nitrogens with one attached hydrogen (secondary N) is 1. The molecule has 0 spiro atoms. The van der Waals surface area contributed by atoms with Crippen LogP contribution in [0.25, 0.3) is 10.2 Å². The lowest BCUT2D eigenvalue weighted by molar-refractivity contribution is -0.127. The smallest absolute Gasteiger partial charge is 0.275 e. The molecule has 0 bridgehead atoms. The van der Waals surface area contributed by atoms with Gasteiger partial charge >= 0.3 is 0 Å². The summed E-state index contributed by atoms with van der Waals surface area (Å²) in [6, 6.07) is 9.85. The van der Waals surface area contributed by atoms with Crippen LogP contribution >= 0.6 is 22.9 Å². The van der Waals surface area contributed by atoms with Crippen LogP contribution < -0.4 is 10.2 Å². The molecule has 0 radical (unpaired) electrons. The Bertz CT molecular complexity index is 1270. The molecule has 0 saturated heterocycles. The largest absolute Gasteiger partial charge is 0.351 e. The second kappa shape index (κ2) is 8.72. The number of benzene rings is 1. The van der Waals surface area contributed by atoms with Gasteiger partial charge in [-0.05, 0) is 81.7 Å². The van der Waals surface area contributed by atoms with Crippen LogP contribution in [0.15, 0.2) is 30.3 Å². The molecule has 1 atom stereocenters. The molecule has 2 aliphatic rings. The predicted octanol–water partition coefficient (Wildman–Crippen LogP) is 6.34. The third-order valence-electron chi connectivity index (χ3n) is 7.69. The summed E-state index contributed by atoms with van der Waals surface area (Å²) in [4.78, 5) is 31.0. The number of thiophene rings is 1. The van der Waals surface area contributed by atoms with E-state index in [0.29, 0.717) is 28.9 Å². The molecule has 180 valence electrons. The van der Waals surface area contributed by atoms with Crippen LogP contribution in [0.4, 0.5) is 5.69 Å². The lowest BCUT2D eigenvalue weighted by Gasteiger charge is -2.45. The normalized spacial score (nSPS) is 25.0. The van der Waals surface area contributed by atoms with Gasteiger partial charge < -0.3 is 9.88 Å². The highest BCUT2D eigenvalue weighted by molar-refractivity contribution is 7.19. The maximum absolute atomic E-state index is 14.0. The van der Waals surface area contributed by atoms with Crippen molar-refractivity contribution >= 4 is 50.7 Å². The highest BCUT2D eigenvalue weighted by atomic mass is 35.5. The van der Waals surface area contributed by atoms with Crippen LogP contribution in [0.5, 0.6) is 0 Å². The number of amides is 2. The van der Waals surface area contributed by atoms with Gasteiger partial charge in [0.25, 0.3) is 5.91 Å². The van der Waals surface area contributed by atoms with E-state index in [1.54, 1.807) is 16.2 Å². The first-order valence-corrected chi connectivity index (χ1v) is 13.4. The number of rotatable bonds is 4. The van der Waals surface area contributed by atoms with Crippen molar-refractivity contribution in [3.05, 3.63) is 51.5 Å². The molecule has 34 heavy (non-hydrogen) atoms. The Morgan fingerprint density at radius 3 is 2.68 bits per heavy atom. The highest BCUT2D eigenvalue weighted by Crippen LogP contribution is 2.40. The average Bonchev–Trinajstić information content (AvgIpc) is 3.36. The van der Waals surface area contributed by atoms with E-state index in [1.165, 1.54) is 4.88 Å². The fraction of sp³-hybridized carbons (Fsp3) is 0.481. The SMILES string of the molecule is CCc1cc2c(cc3n2CC(C)(C(=O)NC2CCC(C)CC2)N(c2cccc(Cl)c2C)C3=O)s1. The van der Waals surface area contributed by atoms with Gasteiger partial charge in [0.2, 0.25) is 5.91 Å². The van der Waals surface area contributed by atoms with Crippen molar-refractivity contribution < 1.29 is 9.59 Å². The van der Waals surface area contributed by atoms with Crippen molar-refractivity contribution in [3.8, 4) is 0 Å². The Morgan fingerprint density at radius 1 is 1.24 bits per heavy atom. The summed E-state index contributed by atoms with van der Waals surface area (Å²) in [6.07, 6.45) is 5.16. The van der Waals surface area contributed by atoms with Gasteiger partial charge in [-0.2, -0.15) is 0 Å². The number of aromatic nitrogens is 1. The molecule has 3 heterocycles. The minimum atomic E-state index is -1.08. The van der Waals surface area contributed by atoms with E-state index in [1.807, 2.05) is 42.7 Å². The monoisotopic (exact) mass is 497 g/mol. The first-order valence-electron chi connectivity index (χ1n) is 12.3. The Kier molecular flexibility index (Phi) is 6.01. The number of carbonyl (C=O) groups is 2. The van der Waals surface area contributed by atoms with E-state index in [-0.39, 0.29) is 17.9 Å². The van der Waals surface area contributed by atoms with Gasteiger partial charge in [-0.1, -0.05) is 31.5 Å². The fourth-order valence-corrected chi connectivity index (χ4v) is 6.68. The van der Waals surface area contributed by atoms with E-state index >= 15 is 0 Å². The molecule has 1 fully saturated rings. The molecule has 2 aromatic heterocycles. The summed E-state index contributed by atoms with van der Waals surface area (Å²) in [5.41, 5.74) is 2.08. The second-order valence-corrected chi connectivity index (χ2v) is 11.7. The Labute approximate surface area is 210 Å². The van der Waals surface area contributed by atoms with Crippen LogP contribution in [0.2, 0.25) is 5.02 Å². The van der Waals surface area contributed by atoms with Crippen molar-refractivity contribution in [2.75, 3.05) is 4.90 Å². The molecule has 5 rings (SSSR count). The lowest BCUT2D eigenvalue weighted by atomic mass is 9.86. The van der Waals surface area contributed by atoms with Crippen LogP contribution in [0.1, 0.15) is 67.4 Å². The van der Waals surface area contributed by atoms with E-state index in [9.17, 15) is 9.59 Å². The Hall–Kier alpha value is -2.31. The number of anilines is 1. The molecule has 1 unspecified atom stereocenters. The van der Waals surface area contributed by atoms with Gasteiger partial charge in [0.1, 0.15) is 11.2 Å². The number of fused-ring (bicyclic) bond motifs is 3. The summed E-state index contributed by atoms with van der Waals surface area (Å²) in [6.45, 7) is 8.62. The fourth-order valence-electron chi connectivity index (χ4n) is 5.46. The molecule has 1 N–H and O–H groups in total. The third-order valence-corrected chi connectivity index (χ3v) is 9.32. The number of carbonyl (C=O) groups excluding carboxylic acids is 2. The number of nitrogens with zero attached hydrogens (tertiary/aromatic N) is 2. The molecule has 1 aliphatic carbocycles. The molecular weight excluding hydrogens is 466 g/mol. The van der Waals surface area contributed by atoms with E-state index in [0.717, 1.165) is 47.9 Å². The van der Waals surface area contributed by atoms with Crippen molar-refractivity contribution in [2.24, 2.45) is 5.92 Å². The Morgan fingerprint density at radius 2 is 1.97 bits per heavy atom. The quantitative estimate of drug-likeness (QED) is 0.457. The van der Waals surface area contributed by atoms with Crippen LogP contribution in [-0.4, -0.2) is 28.0 Å². The average molecular weight is 498 g/mol. The van der Waals surface area contributed by atoms with E-state index < -0.39 is 5.54 Å². The van der Waals surface area contributed by atoms with Gasteiger partial charge in [0, 0.05) is 21.6 Å². The van der Waals surface area contributed by atoms with Crippen molar-refractivity contribution in [1.82, 2.24) is 9.88 Å². The zero-order valence-electron chi connectivity index (χ0n) is 20.3.